The number of cyclic esters (lactones) is 1. The van der Waals surface area contributed by atoms with Gasteiger partial charge in [0, 0.05) is 80.0 Å². The molecule has 3 fully saturated rings. The third-order valence-corrected chi connectivity index (χ3v) is 13.3. The van der Waals surface area contributed by atoms with Crippen molar-refractivity contribution >= 4 is 23.4 Å². The van der Waals surface area contributed by atoms with E-state index < -0.39 is 77.1 Å². The number of imidazole rings is 1. The highest BCUT2D eigenvalue weighted by Gasteiger charge is 2.58. The summed E-state index contributed by atoms with van der Waals surface area (Å²) in [6.07, 6.45) is 5.82. The van der Waals surface area contributed by atoms with Crippen molar-refractivity contribution in [3.05, 3.63) is 37.1 Å². The maximum atomic E-state index is 14.8. The monoisotopic (exact) mass is 809 g/mol. The van der Waals surface area contributed by atoms with Crippen molar-refractivity contribution in [3.8, 4) is 11.3 Å². The van der Waals surface area contributed by atoms with Crippen molar-refractivity contribution in [2.24, 2.45) is 29.1 Å². The molecule has 0 saturated carbocycles. The first-order valence-electron chi connectivity index (χ1n) is 21.1. The molecule has 5 rings (SSSR count). The first-order valence-corrected chi connectivity index (χ1v) is 21.1. The van der Waals surface area contributed by atoms with E-state index in [1.807, 2.05) is 81.4 Å². The number of likely N-dealkylation sites (N-methyl/N-ethyl adjacent to an activating group) is 1. The Morgan fingerprint density at radius 2 is 1.72 bits per heavy atom. The molecule has 14 nitrogen and oxygen atoms in total. The Labute approximate surface area is 344 Å². The summed E-state index contributed by atoms with van der Waals surface area (Å²) in [5.41, 5.74) is -0.370. The van der Waals surface area contributed by atoms with Gasteiger partial charge in [-0.25, -0.2) is 4.98 Å². The Morgan fingerprint density at radius 3 is 2.36 bits per heavy atom. The van der Waals surface area contributed by atoms with Crippen LogP contribution in [0.1, 0.15) is 93.9 Å². The molecular formula is C44H67N5O9. The summed E-state index contributed by atoms with van der Waals surface area (Å²) in [6, 6.07) is 3.00. The Hall–Kier alpha value is -3.56. The zero-order valence-corrected chi connectivity index (χ0v) is 36.4. The van der Waals surface area contributed by atoms with Gasteiger partial charge < -0.3 is 38.4 Å². The summed E-state index contributed by atoms with van der Waals surface area (Å²) in [5.74, 6) is -4.58. The van der Waals surface area contributed by atoms with Crippen LogP contribution >= 0.6 is 0 Å². The van der Waals surface area contributed by atoms with Crippen LogP contribution in [0, 0.1) is 29.1 Å². The maximum Gasteiger partial charge on any atom is 0.316 e. The van der Waals surface area contributed by atoms with Crippen LogP contribution < -0.4 is 0 Å². The predicted octanol–water partition coefficient (Wildman–Crippen LogP) is 4.96. The minimum absolute atomic E-state index is 0.0693. The van der Waals surface area contributed by atoms with Crippen LogP contribution in [-0.4, -0.2) is 129 Å². The van der Waals surface area contributed by atoms with Gasteiger partial charge in [-0.3, -0.25) is 24.2 Å². The van der Waals surface area contributed by atoms with Crippen molar-refractivity contribution in [1.82, 2.24) is 24.3 Å². The van der Waals surface area contributed by atoms with Crippen molar-refractivity contribution in [2.45, 2.75) is 149 Å². The Morgan fingerprint density at radius 1 is 1.02 bits per heavy atom. The second-order valence-electron chi connectivity index (χ2n) is 17.8. The summed E-state index contributed by atoms with van der Waals surface area (Å²) in [4.78, 5) is 69.7. The van der Waals surface area contributed by atoms with Crippen LogP contribution in [0.3, 0.4) is 0 Å². The van der Waals surface area contributed by atoms with Crippen molar-refractivity contribution in [2.75, 3.05) is 27.7 Å². The fourth-order valence-electron chi connectivity index (χ4n) is 9.98. The smallest absolute Gasteiger partial charge is 0.316 e. The number of amides is 1. The molecule has 5 heterocycles. The largest absolute Gasteiger partial charge is 0.461 e. The molecule has 0 bridgehead atoms. The van der Waals surface area contributed by atoms with Gasteiger partial charge in [-0.1, -0.05) is 34.6 Å². The van der Waals surface area contributed by atoms with Gasteiger partial charge in [0.15, 0.2) is 12.1 Å². The number of Topliss-reactive ketones (excluding diaryl/α,β-unsaturated/α-hetero) is 2. The molecule has 2 aromatic rings. The van der Waals surface area contributed by atoms with Crippen LogP contribution in [0.4, 0.5) is 0 Å². The summed E-state index contributed by atoms with van der Waals surface area (Å²) in [7, 11) is 5.28. The molecule has 1 unspecified atom stereocenters. The van der Waals surface area contributed by atoms with Gasteiger partial charge in [-0.2, -0.15) is 0 Å². The van der Waals surface area contributed by atoms with E-state index in [9.17, 15) is 24.3 Å². The van der Waals surface area contributed by atoms with E-state index in [2.05, 4.69) is 9.97 Å². The van der Waals surface area contributed by atoms with Crippen LogP contribution in [-0.2, 0) is 44.7 Å². The molecule has 3 aliphatic heterocycles. The number of hydrogen-bond donors (Lipinski definition) is 1. The van der Waals surface area contributed by atoms with Gasteiger partial charge in [0.1, 0.15) is 23.9 Å². The maximum absolute atomic E-state index is 14.8. The molecule has 3 aliphatic rings. The molecule has 14 heteroatoms. The number of carbonyl (C=O) groups is 4. The number of nitrogens with zero attached hydrogens (tertiary/aromatic N) is 5. The number of aliphatic hydroxyl groups excluding tert-OH is 1. The minimum atomic E-state index is -1.24. The zero-order chi connectivity index (χ0) is 42.7. The number of ether oxygens (including phenoxy) is 4. The lowest BCUT2D eigenvalue weighted by molar-refractivity contribution is -0.295. The topological polar surface area (TPSA) is 163 Å². The van der Waals surface area contributed by atoms with Crippen LogP contribution in [0.15, 0.2) is 37.1 Å². The van der Waals surface area contributed by atoms with Crippen LogP contribution in [0.5, 0.6) is 0 Å². The molecule has 0 aromatic carbocycles. The van der Waals surface area contributed by atoms with Gasteiger partial charge in [-0.15, -0.1) is 0 Å². The van der Waals surface area contributed by atoms with Crippen molar-refractivity contribution in [1.29, 1.82) is 0 Å². The lowest BCUT2D eigenvalue weighted by Gasteiger charge is -2.47. The number of carbonyl (C=O) groups excluding carboxylic acids is 4. The first kappa shape index (κ1) is 45.5. The second kappa shape index (κ2) is 18.8. The molecule has 0 spiro atoms. The van der Waals surface area contributed by atoms with E-state index in [0.717, 1.165) is 17.7 Å². The Bertz CT molecular complexity index is 1740. The molecule has 1 amide bonds. The van der Waals surface area contributed by atoms with Gasteiger partial charge in [-0.05, 0) is 79.1 Å². The highest BCUT2D eigenvalue weighted by Crippen LogP contribution is 2.48. The average molecular weight is 810 g/mol. The van der Waals surface area contributed by atoms with Crippen molar-refractivity contribution < 1.29 is 43.2 Å². The first-order chi connectivity index (χ1) is 27.4. The van der Waals surface area contributed by atoms with E-state index >= 15 is 0 Å². The summed E-state index contributed by atoms with van der Waals surface area (Å²) in [5, 5.41) is 11.5. The molecule has 1 N–H and O–H groups in total. The third-order valence-electron chi connectivity index (χ3n) is 13.3. The fourth-order valence-corrected chi connectivity index (χ4v) is 9.98. The highest BCUT2D eigenvalue weighted by molar-refractivity contribution is 6.00. The third kappa shape index (κ3) is 9.41. The minimum Gasteiger partial charge on any atom is -0.461 e. The zero-order valence-electron chi connectivity index (χ0n) is 36.4. The van der Waals surface area contributed by atoms with Gasteiger partial charge in [0.05, 0.1) is 35.9 Å². The predicted molar refractivity (Wildman–Crippen MR) is 217 cm³/mol. The number of rotatable bonds is 11. The number of esters is 1. The lowest BCUT2D eigenvalue weighted by atomic mass is 9.68. The summed E-state index contributed by atoms with van der Waals surface area (Å²) < 4.78 is 27.3. The molecule has 58 heavy (non-hydrogen) atoms. The number of fused-ring (bicyclic) bond motifs is 1. The quantitative estimate of drug-likeness (QED) is 0.185. The molecule has 322 valence electrons. The van der Waals surface area contributed by atoms with E-state index in [-0.39, 0.29) is 36.7 Å². The SMILES string of the molecule is CC[C@H]1OC(=O)[C@H](C)C(=O)[C@H](C)[C@@H](OC2O[C@H](C)C[C@H](N(C)C)[C@H]2O)[C@](C)(OC)C[C@@H](C)C(=O)[C@H](C)[C@H]2N(CCCCn3cnc(-c4cccnc4)c3)C(=O)C[C@]12C. The number of ketones is 2. The molecule has 2 aromatic heterocycles. The van der Waals surface area contributed by atoms with Gasteiger partial charge in [0.25, 0.3) is 0 Å². The Kier molecular flexibility index (Phi) is 14.7. The highest BCUT2D eigenvalue weighted by atomic mass is 16.7. The summed E-state index contributed by atoms with van der Waals surface area (Å²) in [6.45, 7) is 15.6. The van der Waals surface area contributed by atoms with Gasteiger partial charge >= 0.3 is 5.97 Å². The van der Waals surface area contributed by atoms with E-state index in [0.29, 0.717) is 32.4 Å². The van der Waals surface area contributed by atoms with Crippen LogP contribution in [0.25, 0.3) is 11.3 Å². The normalized spacial score (nSPS) is 36.8. The average Bonchev–Trinajstić information content (AvgIpc) is 3.78. The summed E-state index contributed by atoms with van der Waals surface area (Å²) >= 11 is 0. The van der Waals surface area contributed by atoms with E-state index in [1.54, 1.807) is 32.6 Å². The van der Waals surface area contributed by atoms with E-state index in [1.165, 1.54) is 14.0 Å². The number of likely N-dealkylation sites (tertiary alicyclic amines) is 1. The molecule has 3 saturated heterocycles. The number of pyridine rings is 1. The van der Waals surface area contributed by atoms with Gasteiger partial charge in [0.2, 0.25) is 5.91 Å². The number of unbranched alkanes of at least 4 members (excludes halogenated alkanes) is 1. The van der Waals surface area contributed by atoms with Crippen molar-refractivity contribution in [3.63, 3.8) is 0 Å². The van der Waals surface area contributed by atoms with E-state index in [4.69, 9.17) is 18.9 Å². The molecule has 13 atom stereocenters. The lowest BCUT2D eigenvalue weighted by Crippen LogP contribution is -2.59. The fraction of sp³-hybridized carbons (Fsp3) is 0.727. The molecular weight excluding hydrogens is 743 g/mol. The van der Waals surface area contributed by atoms with Crippen LogP contribution in [0.2, 0.25) is 0 Å². The number of aromatic nitrogens is 3. The number of aliphatic hydroxyl groups is 1. The second-order valence-corrected chi connectivity index (χ2v) is 17.8. The number of aryl methyl sites for hydroxylation is 1. The Balaban J connectivity index is 1.43. The molecule has 0 radical (unpaired) electrons. The standard InChI is InChI=1S/C44H67N5O9/c1-12-34-43(7)22-35(50)49(19-14-13-18-48-24-32(46-25-48)31-16-15-17-45-23-31)39(43)28(4)36(51)26(2)21-44(8,55-11)40(29(5)37(52)30(6)41(54)57-34)58-42-38(53)33(47(9)10)20-27(3)56-42/h15-17,23-30,33-34,38-40,42,53H,12-14,18-22H2,1-11H3/t26-,27-,28+,29+,30-,33+,34-,38-,39-,40-,42?,43-,44-/m1/s1. The number of hydrogen-bond acceptors (Lipinski definition) is 12. The molecule has 0 aliphatic carbocycles. The number of methoxy groups -OCH3 is 1.